The van der Waals surface area contributed by atoms with E-state index in [2.05, 4.69) is 23.5 Å². The number of carbonyl (C=O) groups excluding carboxylic acids is 1. The summed E-state index contributed by atoms with van der Waals surface area (Å²) >= 11 is 1.66. The van der Waals surface area contributed by atoms with E-state index < -0.39 is 0 Å². The second-order valence-electron chi connectivity index (χ2n) is 7.81. The molecule has 0 aliphatic carbocycles. The topological polar surface area (TPSA) is 42.0 Å². The minimum Gasteiger partial charge on any atom is -0.340 e. The number of nitrogens with one attached hydrogen (secondary N) is 1. The Kier molecular flexibility index (Phi) is 5.65. The molecule has 0 radical (unpaired) electrons. The van der Waals surface area contributed by atoms with E-state index in [1.807, 2.05) is 47.8 Å². The summed E-state index contributed by atoms with van der Waals surface area (Å²) in [6.45, 7) is 0. The van der Waals surface area contributed by atoms with Crippen LogP contribution in [0.1, 0.15) is 17.5 Å². The highest BCUT2D eigenvalue weighted by Crippen LogP contribution is 2.35. The number of fused-ring (bicyclic) bond motifs is 3. The van der Waals surface area contributed by atoms with Crippen LogP contribution in [0.3, 0.4) is 0 Å². The highest BCUT2D eigenvalue weighted by molar-refractivity contribution is 7.18. The Bertz CT molecular complexity index is 1410. The number of Topliss-reactive ketones (excluding diaryl/α,β-unsaturated/α-hetero) is 1. The number of aryl methyl sites for hydroxylation is 1. The van der Waals surface area contributed by atoms with E-state index in [1.54, 1.807) is 17.4 Å². The third-order valence-electron chi connectivity index (χ3n) is 5.48. The fraction of sp³-hybridized carbons (Fsp3) is 0.111. The molecule has 0 saturated carbocycles. The van der Waals surface area contributed by atoms with Gasteiger partial charge in [0, 0.05) is 34.0 Å². The van der Waals surface area contributed by atoms with Gasteiger partial charge in [0.15, 0.2) is 0 Å². The maximum atomic E-state index is 13.6. The molecule has 0 saturated heterocycles. The first-order valence-electron chi connectivity index (χ1n) is 10.5. The molecule has 2 aromatic heterocycles. The number of halogens is 1. The molecule has 3 nitrogen and oxygen atoms in total. The monoisotopic (exact) mass is 440 g/mol. The third-order valence-corrected chi connectivity index (χ3v) is 6.43. The maximum absolute atomic E-state index is 13.6. The average Bonchev–Trinajstić information content (AvgIpc) is 3.29. The molecular formula is C27H21FN2OS. The van der Waals surface area contributed by atoms with Crippen molar-refractivity contribution >= 4 is 49.6 Å². The molecule has 2 heterocycles. The van der Waals surface area contributed by atoms with Crippen LogP contribution in [0.2, 0.25) is 0 Å². The molecule has 1 N–H and O–H groups in total. The van der Waals surface area contributed by atoms with Gasteiger partial charge in [-0.1, -0.05) is 48.5 Å². The van der Waals surface area contributed by atoms with Crippen molar-refractivity contribution in [2.45, 2.75) is 19.3 Å². The lowest BCUT2D eigenvalue weighted by Gasteiger charge is -2.10. The summed E-state index contributed by atoms with van der Waals surface area (Å²) in [6, 6.07) is 24.5. The summed E-state index contributed by atoms with van der Waals surface area (Å²) < 4.78 is 14.8. The first kappa shape index (κ1) is 20.3. The van der Waals surface area contributed by atoms with Crippen LogP contribution >= 0.6 is 11.3 Å². The van der Waals surface area contributed by atoms with Gasteiger partial charge < -0.3 is 5.32 Å². The SMILES string of the molecule is O=C(CCc1ccc2c(c1)nc(Nc1cccc(F)c1)c1ccsc12)Cc1ccccc1. The van der Waals surface area contributed by atoms with Crippen molar-refractivity contribution in [2.24, 2.45) is 0 Å². The van der Waals surface area contributed by atoms with Crippen LogP contribution in [-0.4, -0.2) is 10.8 Å². The Labute approximate surface area is 189 Å². The Hall–Kier alpha value is -3.57. The van der Waals surface area contributed by atoms with Crippen molar-refractivity contribution in [3.63, 3.8) is 0 Å². The first-order chi connectivity index (χ1) is 15.7. The van der Waals surface area contributed by atoms with Crippen LogP contribution in [0.4, 0.5) is 15.9 Å². The zero-order valence-corrected chi connectivity index (χ0v) is 18.2. The van der Waals surface area contributed by atoms with E-state index in [-0.39, 0.29) is 11.6 Å². The number of hydrogen-bond donors (Lipinski definition) is 1. The largest absolute Gasteiger partial charge is 0.340 e. The Balaban J connectivity index is 1.40. The molecule has 3 aromatic carbocycles. The first-order valence-corrected chi connectivity index (χ1v) is 11.4. The van der Waals surface area contributed by atoms with Gasteiger partial charge in [0.2, 0.25) is 0 Å². The molecule has 0 fully saturated rings. The number of thiophene rings is 1. The number of rotatable bonds is 7. The number of benzene rings is 3. The average molecular weight is 441 g/mol. The van der Waals surface area contributed by atoms with Crippen LogP contribution in [0.25, 0.3) is 21.0 Å². The quantitative estimate of drug-likeness (QED) is 0.294. The minimum atomic E-state index is -0.292. The summed E-state index contributed by atoms with van der Waals surface area (Å²) in [5, 5.41) is 7.40. The molecule has 0 amide bonds. The van der Waals surface area contributed by atoms with Gasteiger partial charge >= 0.3 is 0 Å². The van der Waals surface area contributed by atoms with Gasteiger partial charge in [0.05, 0.1) is 5.52 Å². The van der Waals surface area contributed by atoms with Crippen molar-refractivity contribution in [2.75, 3.05) is 5.32 Å². The molecule has 0 aliphatic rings. The van der Waals surface area contributed by atoms with Crippen molar-refractivity contribution in [3.05, 3.63) is 101 Å². The number of hydrogen-bond acceptors (Lipinski definition) is 4. The Morgan fingerprint density at radius 1 is 0.906 bits per heavy atom. The van der Waals surface area contributed by atoms with Crippen LogP contribution in [0, 0.1) is 5.82 Å². The van der Waals surface area contributed by atoms with E-state index in [1.165, 1.54) is 12.1 Å². The Morgan fingerprint density at radius 2 is 1.78 bits per heavy atom. The van der Waals surface area contributed by atoms with E-state index in [0.29, 0.717) is 30.8 Å². The van der Waals surface area contributed by atoms with E-state index in [0.717, 1.165) is 32.1 Å². The van der Waals surface area contributed by atoms with Gasteiger partial charge in [0.25, 0.3) is 0 Å². The smallest absolute Gasteiger partial charge is 0.139 e. The second-order valence-corrected chi connectivity index (χ2v) is 8.73. The summed E-state index contributed by atoms with van der Waals surface area (Å²) in [5.74, 6) is 0.642. The fourth-order valence-electron chi connectivity index (χ4n) is 3.90. The molecule has 0 bridgehead atoms. The second kappa shape index (κ2) is 8.89. The van der Waals surface area contributed by atoms with Gasteiger partial charge in [-0.3, -0.25) is 4.79 Å². The molecular weight excluding hydrogens is 419 g/mol. The molecule has 5 aromatic rings. The summed E-state index contributed by atoms with van der Waals surface area (Å²) in [7, 11) is 0. The fourth-order valence-corrected chi connectivity index (χ4v) is 4.83. The molecule has 0 unspecified atom stereocenters. The van der Waals surface area contributed by atoms with Gasteiger partial charge in [-0.2, -0.15) is 0 Å². The predicted molar refractivity (Wildman–Crippen MR) is 130 cm³/mol. The Morgan fingerprint density at radius 3 is 2.62 bits per heavy atom. The van der Waals surface area contributed by atoms with Crippen molar-refractivity contribution in [1.82, 2.24) is 4.98 Å². The van der Waals surface area contributed by atoms with Crippen LogP contribution in [-0.2, 0) is 17.6 Å². The molecule has 5 rings (SSSR count). The van der Waals surface area contributed by atoms with Gasteiger partial charge in [-0.25, -0.2) is 9.37 Å². The summed E-state index contributed by atoms with van der Waals surface area (Å²) in [6.07, 6.45) is 1.64. The number of anilines is 2. The summed E-state index contributed by atoms with van der Waals surface area (Å²) in [4.78, 5) is 17.3. The lowest BCUT2D eigenvalue weighted by atomic mass is 10.0. The van der Waals surface area contributed by atoms with Crippen molar-refractivity contribution < 1.29 is 9.18 Å². The minimum absolute atomic E-state index is 0.228. The lowest BCUT2D eigenvalue weighted by molar-refractivity contribution is -0.118. The zero-order valence-electron chi connectivity index (χ0n) is 17.3. The molecule has 158 valence electrons. The zero-order chi connectivity index (χ0) is 21.9. The standard InChI is InChI=1S/C27H21FN2OS/c28-20-7-4-8-21(17-20)29-27-24-13-14-32-26(24)23-12-10-19(16-25(23)30-27)9-11-22(31)15-18-5-2-1-3-6-18/h1-8,10,12-14,16-17H,9,11,15H2,(H,29,30). The van der Waals surface area contributed by atoms with E-state index in [4.69, 9.17) is 4.98 Å². The number of pyridine rings is 1. The molecule has 0 aliphatic heterocycles. The predicted octanol–water partition coefficient (Wildman–Crippen LogP) is 7.08. The third kappa shape index (κ3) is 4.39. The molecule has 5 heteroatoms. The van der Waals surface area contributed by atoms with Crippen molar-refractivity contribution in [3.8, 4) is 0 Å². The lowest BCUT2D eigenvalue weighted by Crippen LogP contribution is -2.04. The summed E-state index contributed by atoms with van der Waals surface area (Å²) in [5.41, 5.74) is 3.66. The molecule has 0 spiro atoms. The number of ketones is 1. The van der Waals surface area contributed by atoms with E-state index in [9.17, 15) is 9.18 Å². The number of aromatic nitrogens is 1. The van der Waals surface area contributed by atoms with Crippen LogP contribution in [0.15, 0.2) is 84.2 Å². The molecule has 0 atom stereocenters. The van der Waals surface area contributed by atoms with Gasteiger partial charge in [0.1, 0.15) is 17.4 Å². The van der Waals surface area contributed by atoms with Gasteiger partial charge in [-0.05, 0) is 53.3 Å². The van der Waals surface area contributed by atoms with Crippen LogP contribution < -0.4 is 5.32 Å². The highest BCUT2D eigenvalue weighted by Gasteiger charge is 2.12. The normalized spacial score (nSPS) is 11.2. The number of nitrogens with zero attached hydrogens (tertiary/aromatic N) is 1. The maximum Gasteiger partial charge on any atom is 0.139 e. The van der Waals surface area contributed by atoms with Crippen LogP contribution in [0.5, 0.6) is 0 Å². The molecule has 32 heavy (non-hydrogen) atoms. The highest BCUT2D eigenvalue weighted by atomic mass is 32.1. The number of carbonyl (C=O) groups is 1. The van der Waals surface area contributed by atoms with Crippen molar-refractivity contribution in [1.29, 1.82) is 0 Å². The van der Waals surface area contributed by atoms with E-state index >= 15 is 0 Å². The van der Waals surface area contributed by atoms with Gasteiger partial charge in [-0.15, -0.1) is 11.3 Å².